The standard InChI is InChI=1S/C9H8N2O6/c12-8(13)5-17-9(14)10-6-2-1-3-7(4-6)11(15)16/h1-4H,5H2,(H,10,14)(H,12,13). The first kappa shape index (κ1) is 12.4. The number of nitrogens with one attached hydrogen (secondary N) is 1. The fraction of sp³-hybridized carbons (Fsp3) is 0.111. The predicted molar refractivity (Wildman–Crippen MR) is 55.7 cm³/mol. The Bertz CT molecular complexity index is 459. The monoisotopic (exact) mass is 240 g/mol. The van der Waals surface area contributed by atoms with Crippen LogP contribution in [0.1, 0.15) is 0 Å². The number of carboxylic acids is 1. The summed E-state index contributed by atoms with van der Waals surface area (Å²) in [4.78, 5) is 31.0. The number of amides is 1. The van der Waals surface area contributed by atoms with Gasteiger partial charge in [-0.05, 0) is 6.07 Å². The van der Waals surface area contributed by atoms with Crippen LogP contribution in [0.5, 0.6) is 0 Å². The van der Waals surface area contributed by atoms with E-state index in [-0.39, 0.29) is 11.4 Å². The molecular weight excluding hydrogens is 232 g/mol. The molecule has 1 aromatic rings. The Hall–Kier alpha value is -2.64. The number of rotatable bonds is 4. The van der Waals surface area contributed by atoms with Gasteiger partial charge < -0.3 is 9.84 Å². The molecule has 0 aliphatic carbocycles. The van der Waals surface area contributed by atoms with E-state index in [4.69, 9.17) is 5.11 Å². The van der Waals surface area contributed by atoms with Crippen molar-refractivity contribution in [2.45, 2.75) is 0 Å². The molecule has 0 spiro atoms. The first-order valence-electron chi connectivity index (χ1n) is 4.39. The van der Waals surface area contributed by atoms with Crippen LogP contribution >= 0.6 is 0 Å². The van der Waals surface area contributed by atoms with Crippen molar-refractivity contribution >= 4 is 23.4 Å². The van der Waals surface area contributed by atoms with Crippen molar-refractivity contribution < 1.29 is 24.4 Å². The number of aliphatic carboxylic acids is 1. The zero-order chi connectivity index (χ0) is 12.8. The van der Waals surface area contributed by atoms with Gasteiger partial charge in [0.15, 0.2) is 6.61 Å². The summed E-state index contributed by atoms with van der Waals surface area (Å²) in [5.74, 6) is -1.29. The SMILES string of the molecule is O=C(O)COC(=O)Nc1cccc([N+](=O)[O-])c1. The smallest absolute Gasteiger partial charge is 0.412 e. The molecule has 0 aromatic heterocycles. The predicted octanol–water partition coefficient (Wildman–Crippen LogP) is 1.23. The lowest BCUT2D eigenvalue weighted by Gasteiger charge is -2.04. The quantitative estimate of drug-likeness (QED) is 0.603. The van der Waals surface area contributed by atoms with Gasteiger partial charge in [0, 0.05) is 12.1 Å². The molecule has 0 saturated heterocycles. The number of non-ortho nitro benzene ring substituents is 1. The maximum atomic E-state index is 11.0. The second-order valence-corrected chi connectivity index (χ2v) is 2.90. The van der Waals surface area contributed by atoms with E-state index in [0.717, 1.165) is 6.07 Å². The topological polar surface area (TPSA) is 119 Å². The molecule has 90 valence electrons. The average molecular weight is 240 g/mol. The van der Waals surface area contributed by atoms with Gasteiger partial charge in [-0.3, -0.25) is 15.4 Å². The third kappa shape index (κ3) is 4.16. The fourth-order valence-corrected chi connectivity index (χ4v) is 0.978. The van der Waals surface area contributed by atoms with Gasteiger partial charge in [0.05, 0.1) is 10.6 Å². The Kier molecular flexibility index (Phi) is 3.98. The summed E-state index contributed by atoms with van der Waals surface area (Å²) in [5, 5.41) is 20.9. The van der Waals surface area contributed by atoms with E-state index in [0.29, 0.717) is 0 Å². The number of carboxylic acid groups (broad SMARTS) is 1. The number of carbonyl (C=O) groups excluding carboxylic acids is 1. The highest BCUT2D eigenvalue weighted by Crippen LogP contribution is 2.16. The molecule has 0 saturated carbocycles. The normalized spacial score (nSPS) is 9.41. The van der Waals surface area contributed by atoms with Crippen LogP contribution in [-0.2, 0) is 9.53 Å². The number of hydrogen-bond donors (Lipinski definition) is 2. The van der Waals surface area contributed by atoms with Crippen molar-refractivity contribution in [3.05, 3.63) is 34.4 Å². The molecule has 8 nitrogen and oxygen atoms in total. The molecule has 2 N–H and O–H groups in total. The summed E-state index contributed by atoms with van der Waals surface area (Å²) in [5.41, 5.74) is -0.0457. The lowest BCUT2D eigenvalue weighted by atomic mass is 10.3. The van der Waals surface area contributed by atoms with Crippen LogP contribution in [0.15, 0.2) is 24.3 Å². The minimum atomic E-state index is -1.29. The van der Waals surface area contributed by atoms with E-state index in [1.807, 2.05) is 0 Å². The van der Waals surface area contributed by atoms with Gasteiger partial charge in [-0.15, -0.1) is 0 Å². The Morgan fingerprint density at radius 3 is 2.76 bits per heavy atom. The van der Waals surface area contributed by atoms with Gasteiger partial charge in [0.1, 0.15) is 0 Å². The summed E-state index contributed by atoms with van der Waals surface area (Å²) in [6.45, 7) is -0.777. The highest BCUT2D eigenvalue weighted by molar-refractivity contribution is 5.86. The molecule has 0 radical (unpaired) electrons. The van der Waals surface area contributed by atoms with E-state index < -0.39 is 23.6 Å². The van der Waals surface area contributed by atoms with E-state index in [2.05, 4.69) is 10.1 Å². The third-order valence-corrected chi connectivity index (χ3v) is 1.63. The maximum absolute atomic E-state index is 11.0. The molecule has 0 bridgehead atoms. The lowest BCUT2D eigenvalue weighted by Crippen LogP contribution is -2.18. The zero-order valence-corrected chi connectivity index (χ0v) is 8.45. The van der Waals surface area contributed by atoms with E-state index in [9.17, 15) is 19.7 Å². The van der Waals surface area contributed by atoms with Crippen LogP contribution in [-0.4, -0.2) is 28.7 Å². The Labute approximate surface area is 95.0 Å². The van der Waals surface area contributed by atoms with Crippen molar-refractivity contribution in [2.24, 2.45) is 0 Å². The lowest BCUT2D eigenvalue weighted by molar-refractivity contribution is -0.384. The van der Waals surface area contributed by atoms with Crippen LogP contribution in [0.4, 0.5) is 16.2 Å². The first-order chi connectivity index (χ1) is 7.99. The number of carbonyl (C=O) groups is 2. The van der Waals surface area contributed by atoms with Gasteiger partial charge >= 0.3 is 12.1 Å². The number of anilines is 1. The number of hydrogen-bond acceptors (Lipinski definition) is 5. The second kappa shape index (κ2) is 5.45. The molecule has 0 aliphatic heterocycles. The molecule has 0 fully saturated rings. The van der Waals surface area contributed by atoms with E-state index in [1.54, 1.807) is 0 Å². The van der Waals surface area contributed by atoms with E-state index >= 15 is 0 Å². The molecule has 1 rings (SSSR count). The molecule has 17 heavy (non-hydrogen) atoms. The van der Waals surface area contributed by atoms with Crippen LogP contribution in [0.2, 0.25) is 0 Å². The fourth-order valence-electron chi connectivity index (χ4n) is 0.978. The Morgan fingerprint density at radius 1 is 1.47 bits per heavy atom. The third-order valence-electron chi connectivity index (χ3n) is 1.63. The van der Waals surface area contributed by atoms with Gasteiger partial charge in [0.25, 0.3) is 5.69 Å². The van der Waals surface area contributed by atoms with Gasteiger partial charge in [0.2, 0.25) is 0 Å². The summed E-state index contributed by atoms with van der Waals surface area (Å²) in [6.07, 6.45) is -0.993. The largest absolute Gasteiger partial charge is 0.479 e. The van der Waals surface area contributed by atoms with Gasteiger partial charge in [-0.25, -0.2) is 9.59 Å². The molecule has 0 aliphatic rings. The number of nitro groups is 1. The van der Waals surface area contributed by atoms with Gasteiger partial charge in [-0.2, -0.15) is 0 Å². The van der Waals surface area contributed by atoms with Crippen molar-refractivity contribution in [2.75, 3.05) is 11.9 Å². The van der Waals surface area contributed by atoms with Crippen molar-refractivity contribution in [1.29, 1.82) is 0 Å². The van der Waals surface area contributed by atoms with Crippen LogP contribution in [0.25, 0.3) is 0 Å². The zero-order valence-electron chi connectivity index (χ0n) is 8.45. The Balaban J connectivity index is 2.62. The van der Waals surface area contributed by atoms with Crippen LogP contribution in [0.3, 0.4) is 0 Å². The average Bonchev–Trinajstić information content (AvgIpc) is 2.26. The number of nitro benzene ring substituents is 1. The molecule has 0 atom stereocenters. The van der Waals surface area contributed by atoms with E-state index in [1.165, 1.54) is 18.2 Å². The van der Waals surface area contributed by atoms with Crippen molar-refractivity contribution in [1.82, 2.24) is 0 Å². The minimum Gasteiger partial charge on any atom is -0.479 e. The van der Waals surface area contributed by atoms with Crippen LogP contribution in [0, 0.1) is 10.1 Å². The summed E-state index contributed by atoms with van der Waals surface area (Å²) >= 11 is 0. The summed E-state index contributed by atoms with van der Waals surface area (Å²) in [6, 6.07) is 5.18. The highest BCUT2D eigenvalue weighted by atomic mass is 16.6. The number of nitrogens with zero attached hydrogens (tertiary/aromatic N) is 1. The minimum absolute atomic E-state index is 0.148. The summed E-state index contributed by atoms with van der Waals surface area (Å²) in [7, 11) is 0. The van der Waals surface area contributed by atoms with Crippen molar-refractivity contribution in [3.63, 3.8) is 0 Å². The van der Waals surface area contributed by atoms with Gasteiger partial charge in [-0.1, -0.05) is 6.07 Å². The van der Waals surface area contributed by atoms with Crippen molar-refractivity contribution in [3.8, 4) is 0 Å². The molecule has 0 unspecified atom stereocenters. The van der Waals surface area contributed by atoms with Crippen LogP contribution < -0.4 is 5.32 Å². The first-order valence-corrected chi connectivity index (χ1v) is 4.39. The Morgan fingerprint density at radius 2 is 2.18 bits per heavy atom. The molecule has 8 heteroatoms. The highest BCUT2D eigenvalue weighted by Gasteiger charge is 2.09. The number of benzene rings is 1. The molecule has 1 aromatic carbocycles. The number of ether oxygens (including phenoxy) is 1. The maximum Gasteiger partial charge on any atom is 0.412 e. The molecule has 0 heterocycles. The molecular formula is C9H8N2O6. The second-order valence-electron chi connectivity index (χ2n) is 2.90. The molecule has 1 amide bonds. The summed E-state index contributed by atoms with van der Waals surface area (Å²) < 4.78 is 4.29.